The zero-order valence-corrected chi connectivity index (χ0v) is 9.43. The van der Waals surface area contributed by atoms with E-state index >= 15 is 0 Å². The van der Waals surface area contributed by atoms with Crippen LogP contribution < -0.4 is 5.73 Å². The molecule has 6 nitrogen and oxygen atoms in total. The monoisotopic (exact) mass is 234 g/mol. The highest BCUT2D eigenvalue weighted by molar-refractivity contribution is 5.69. The van der Waals surface area contributed by atoms with Crippen molar-refractivity contribution in [2.45, 2.75) is 25.8 Å². The van der Waals surface area contributed by atoms with E-state index in [1.807, 2.05) is 0 Å². The first-order valence-electron chi connectivity index (χ1n) is 5.44. The van der Waals surface area contributed by atoms with Crippen molar-refractivity contribution in [3.05, 3.63) is 12.4 Å². The van der Waals surface area contributed by atoms with Crippen molar-refractivity contribution in [1.29, 1.82) is 5.26 Å². The molecule has 0 bridgehead atoms. The van der Waals surface area contributed by atoms with Crippen LogP contribution in [0.15, 0.2) is 12.4 Å². The molecule has 6 heteroatoms. The first-order valence-corrected chi connectivity index (χ1v) is 5.44. The van der Waals surface area contributed by atoms with Gasteiger partial charge in [0.1, 0.15) is 6.54 Å². The van der Waals surface area contributed by atoms with Gasteiger partial charge < -0.3 is 10.5 Å². The highest BCUT2D eigenvalue weighted by Gasteiger charge is 2.43. The van der Waals surface area contributed by atoms with Crippen LogP contribution in [0.5, 0.6) is 0 Å². The number of hydrogen-bond donors (Lipinski definition) is 1. The Hall–Kier alpha value is -2.03. The molecule has 1 saturated carbocycles. The number of nitriles is 1. The molecule has 1 fully saturated rings. The molecule has 0 atom stereocenters. The molecule has 1 aliphatic rings. The minimum atomic E-state index is -0.350. The van der Waals surface area contributed by atoms with Crippen molar-refractivity contribution >= 4 is 11.7 Å². The molecule has 1 aromatic heterocycles. The minimum absolute atomic E-state index is 0.0554. The van der Waals surface area contributed by atoms with Gasteiger partial charge in [0.05, 0.1) is 24.6 Å². The van der Waals surface area contributed by atoms with Crippen LogP contribution in [0, 0.1) is 16.7 Å². The fraction of sp³-hybridized carbons (Fsp3) is 0.545. The average Bonchev–Trinajstić information content (AvgIpc) is 2.94. The van der Waals surface area contributed by atoms with Crippen LogP contribution in [0.1, 0.15) is 19.3 Å². The molecule has 0 radical (unpaired) electrons. The predicted molar refractivity (Wildman–Crippen MR) is 59.5 cm³/mol. The van der Waals surface area contributed by atoms with E-state index in [9.17, 15) is 4.79 Å². The Bertz CT molecular complexity index is 456. The lowest BCUT2D eigenvalue weighted by atomic mass is 10.1. The number of carbonyl (C=O) groups is 1. The van der Waals surface area contributed by atoms with Crippen LogP contribution in [0.4, 0.5) is 5.69 Å². The number of aromatic nitrogens is 2. The predicted octanol–water partition coefficient (Wildman–Crippen LogP) is 0.702. The Morgan fingerprint density at radius 1 is 1.71 bits per heavy atom. The maximum Gasteiger partial charge on any atom is 0.327 e. The van der Waals surface area contributed by atoms with Crippen LogP contribution in [0.25, 0.3) is 0 Å². The molecule has 2 N–H and O–H groups in total. The number of nitrogens with two attached hydrogens (primary N) is 1. The van der Waals surface area contributed by atoms with E-state index < -0.39 is 0 Å². The van der Waals surface area contributed by atoms with Gasteiger partial charge in [0.25, 0.3) is 0 Å². The highest BCUT2D eigenvalue weighted by Crippen LogP contribution is 2.48. The average molecular weight is 234 g/mol. The van der Waals surface area contributed by atoms with E-state index in [2.05, 4.69) is 11.2 Å². The SMILES string of the molecule is N#CCC1(COC(=O)Cn2cc(N)cn2)CC1. The molecular weight excluding hydrogens is 220 g/mol. The third-order valence-corrected chi connectivity index (χ3v) is 2.89. The van der Waals surface area contributed by atoms with Crippen LogP contribution in [0.3, 0.4) is 0 Å². The number of nitrogens with zero attached hydrogens (tertiary/aromatic N) is 3. The fourth-order valence-corrected chi connectivity index (χ4v) is 1.59. The minimum Gasteiger partial charge on any atom is -0.464 e. The Morgan fingerprint density at radius 3 is 3.00 bits per heavy atom. The zero-order chi connectivity index (χ0) is 12.3. The Labute approximate surface area is 99.0 Å². The largest absolute Gasteiger partial charge is 0.464 e. The van der Waals surface area contributed by atoms with E-state index in [1.165, 1.54) is 10.9 Å². The molecule has 2 rings (SSSR count). The van der Waals surface area contributed by atoms with E-state index in [0.29, 0.717) is 18.7 Å². The van der Waals surface area contributed by atoms with Gasteiger partial charge in [-0.25, -0.2) is 0 Å². The van der Waals surface area contributed by atoms with Gasteiger partial charge in [-0.2, -0.15) is 10.4 Å². The number of nitrogen functional groups attached to an aromatic ring is 1. The van der Waals surface area contributed by atoms with Gasteiger partial charge in [0.15, 0.2) is 0 Å². The third-order valence-electron chi connectivity index (χ3n) is 2.89. The van der Waals surface area contributed by atoms with E-state index in [0.717, 1.165) is 12.8 Å². The standard InChI is InChI=1S/C11H14N4O2/c12-4-3-11(1-2-11)8-17-10(16)7-15-6-9(13)5-14-15/h5-6H,1-3,7-8,13H2. The summed E-state index contributed by atoms with van der Waals surface area (Å²) in [7, 11) is 0. The Morgan fingerprint density at radius 2 is 2.47 bits per heavy atom. The maximum atomic E-state index is 11.5. The smallest absolute Gasteiger partial charge is 0.327 e. The van der Waals surface area contributed by atoms with Gasteiger partial charge in [-0.1, -0.05) is 0 Å². The molecule has 0 saturated heterocycles. The second-order valence-electron chi connectivity index (χ2n) is 4.47. The van der Waals surface area contributed by atoms with E-state index in [-0.39, 0.29) is 17.9 Å². The number of ether oxygens (including phenoxy) is 1. The van der Waals surface area contributed by atoms with Crippen molar-refractivity contribution in [1.82, 2.24) is 9.78 Å². The number of esters is 1. The fourth-order valence-electron chi connectivity index (χ4n) is 1.59. The number of hydrogen-bond acceptors (Lipinski definition) is 5. The summed E-state index contributed by atoms with van der Waals surface area (Å²) in [5, 5.41) is 12.5. The Balaban J connectivity index is 1.77. The van der Waals surface area contributed by atoms with Crippen LogP contribution in [0.2, 0.25) is 0 Å². The molecule has 0 spiro atoms. The molecule has 0 aliphatic heterocycles. The quantitative estimate of drug-likeness (QED) is 0.757. The van der Waals surface area contributed by atoms with Crippen molar-refractivity contribution in [3.63, 3.8) is 0 Å². The van der Waals surface area contributed by atoms with Gasteiger partial charge >= 0.3 is 5.97 Å². The van der Waals surface area contributed by atoms with Crippen molar-refractivity contribution < 1.29 is 9.53 Å². The second-order valence-corrected chi connectivity index (χ2v) is 4.47. The summed E-state index contributed by atoms with van der Waals surface area (Å²) in [5.41, 5.74) is 5.91. The lowest BCUT2D eigenvalue weighted by Gasteiger charge is -2.11. The van der Waals surface area contributed by atoms with Crippen molar-refractivity contribution in [3.8, 4) is 6.07 Å². The van der Waals surface area contributed by atoms with E-state index in [1.54, 1.807) is 6.20 Å². The van der Waals surface area contributed by atoms with Crippen molar-refractivity contribution in [2.24, 2.45) is 5.41 Å². The van der Waals surface area contributed by atoms with Crippen LogP contribution >= 0.6 is 0 Å². The van der Waals surface area contributed by atoms with Gasteiger partial charge in [-0.15, -0.1) is 0 Å². The Kier molecular flexibility index (Phi) is 3.00. The number of carbonyl (C=O) groups excluding carboxylic acids is 1. The summed E-state index contributed by atoms with van der Waals surface area (Å²) >= 11 is 0. The summed E-state index contributed by atoms with van der Waals surface area (Å²) in [4.78, 5) is 11.5. The molecule has 0 unspecified atom stereocenters. The molecule has 0 amide bonds. The second kappa shape index (κ2) is 4.45. The molecule has 1 aromatic rings. The summed E-state index contributed by atoms with van der Waals surface area (Å²) in [6.07, 6.45) is 5.43. The molecule has 0 aromatic carbocycles. The third kappa shape index (κ3) is 2.97. The van der Waals surface area contributed by atoms with Crippen LogP contribution in [-0.2, 0) is 16.1 Å². The van der Waals surface area contributed by atoms with Gasteiger partial charge in [-0.05, 0) is 12.8 Å². The summed E-state index contributed by atoms with van der Waals surface area (Å²) in [6, 6.07) is 2.12. The van der Waals surface area contributed by atoms with E-state index in [4.69, 9.17) is 15.7 Å². The first-order chi connectivity index (χ1) is 8.13. The van der Waals surface area contributed by atoms with Crippen LogP contribution in [-0.4, -0.2) is 22.4 Å². The lowest BCUT2D eigenvalue weighted by Crippen LogP contribution is -2.19. The summed E-state index contributed by atoms with van der Waals surface area (Å²) < 4.78 is 6.58. The summed E-state index contributed by atoms with van der Waals surface area (Å²) in [6.45, 7) is 0.385. The zero-order valence-electron chi connectivity index (χ0n) is 9.43. The first kappa shape index (κ1) is 11.5. The number of rotatable bonds is 5. The molecular formula is C11H14N4O2. The number of anilines is 1. The molecule has 17 heavy (non-hydrogen) atoms. The van der Waals surface area contributed by atoms with Gasteiger partial charge in [0, 0.05) is 18.0 Å². The van der Waals surface area contributed by atoms with Gasteiger partial charge in [0.2, 0.25) is 0 Å². The normalized spacial score (nSPS) is 16.2. The highest BCUT2D eigenvalue weighted by atomic mass is 16.5. The van der Waals surface area contributed by atoms with Gasteiger partial charge in [-0.3, -0.25) is 9.48 Å². The molecule has 1 heterocycles. The summed E-state index contributed by atoms with van der Waals surface area (Å²) in [5.74, 6) is -0.350. The molecule has 1 aliphatic carbocycles. The van der Waals surface area contributed by atoms with Crippen molar-refractivity contribution in [2.75, 3.05) is 12.3 Å². The topological polar surface area (TPSA) is 93.9 Å². The maximum absolute atomic E-state index is 11.5. The molecule has 90 valence electrons. The lowest BCUT2D eigenvalue weighted by molar-refractivity contribution is -0.146.